The predicted octanol–water partition coefficient (Wildman–Crippen LogP) is 3.84. The van der Waals surface area contributed by atoms with Gasteiger partial charge in [-0.2, -0.15) is 0 Å². The third-order valence-corrected chi connectivity index (χ3v) is 4.38. The van der Waals surface area contributed by atoms with Crippen molar-refractivity contribution in [3.8, 4) is 11.5 Å². The first-order valence-corrected chi connectivity index (χ1v) is 9.48. The van der Waals surface area contributed by atoms with Crippen molar-refractivity contribution >= 4 is 38.5 Å². The standard InChI is InChI=1S/C21H19BrN2O4/c1-2-27-18-8-4-14(5-9-18)21(26)24-23-20(25)13-28-19-10-6-15-11-17(22)7-3-16(15)12-19/h3-12H,2,13H2,1H3,(H,23,25)(H,24,26). The van der Waals surface area contributed by atoms with E-state index in [-0.39, 0.29) is 6.61 Å². The van der Waals surface area contributed by atoms with Crippen LogP contribution in [-0.4, -0.2) is 25.0 Å². The van der Waals surface area contributed by atoms with Gasteiger partial charge in [0.25, 0.3) is 11.8 Å². The molecule has 0 saturated carbocycles. The van der Waals surface area contributed by atoms with Crippen molar-refractivity contribution < 1.29 is 19.1 Å². The van der Waals surface area contributed by atoms with Crippen LogP contribution in [0, 0.1) is 0 Å². The lowest BCUT2D eigenvalue weighted by atomic mass is 10.1. The van der Waals surface area contributed by atoms with Gasteiger partial charge in [-0.15, -0.1) is 0 Å². The molecule has 7 heteroatoms. The van der Waals surface area contributed by atoms with Crippen LogP contribution in [-0.2, 0) is 4.79 Å². The molecule has 0 unspecified atom stereocenters. The summed E-state index contributed by atoms with van der Waals surface area (Å²) in [6.07, 6.45) is 0. The molecule has 2 amide bonds. The maximum absolute atomic E-state index is 12.1. The molecule has 3 aromatic rings. The Morgan fingerprint density at radius 1 is 0.857 bits per heavy atom. The number of carbonyl (C=O) groups excluding carboxylic acids is 2. The van der Waals surface area contributed by atoms with Crippen LogP contribution in [0.25, 0.3) is 10.8 Å². The molecule has 3 rings (SSSR count). The van der Waals surface area contributed by atoms with E-state index in [0.29, 0.717) is 23.7 Å². The third kappa shape index (κ3) is 5.23. The van der Waals surface area contributed by atoms with E-state index in [1.807, 2.05) is 37.3 Å². The first kappa shape index (κ1) is 19.7. The number of fused-ring (bicyclic) bond motifs is 1. The number of ether oxygens (including phenoxy) is 2. The summed E-state index contributed by atoms with van der Waals surface area (Å²) < 4.78 is 11.8. The Morgan fingerprint density at radius 2 is 1.54 bits per heavy atom. The van der Waals surface area contributed by atoms with Gasteiger partial charge in [-0.05, 0) is 66.2 Å². The van der Waals surface area contributed by atoms with E-state index in [4.69, 9.17) is 9.47 Å². The number of rotatable bonds is 6. The minimum absolute atomic E-state index is 0.217. The second kappa shape index (κ2) is 9.23. The van der Waals surface area contributed by atoms with Gasteiger partial charge in [-0.3, -0.25) is 20.4 Å². The zero-order chi connectivity index (χ0) is 19.9. The zero-order valence-electron chi connectivity index (χ0n) is 15.2. The summed E-state index contributed by atoms with van der Waals surface area (Å²) in [5.41, 5.74) is 5.10. The van der Waals surface area contributed by atoms with Gasteiger partial charge in [0.05, 0.1) is 6.61 Å². The van der Waals surface area contributed by atoms with Crippen LogP contribution in [0.4, 0.5) is 0 Å². The lowest BCUT2D eigenvalue weighted by Crippen LogP contribution is -2.43. The largest absolute Gasteiger partial charge is 0.494 e. The first-order chi connectivity index (χ1) is 13.5. The van der Waals surface area contributed by atoms with E-state index in [0.717, 1.165) is 15.2 Å². The average molecular weight is 443 g/mol. The minimum atomic E-state index is -0.463. The number of carbonyl (C=O) groups is 2. The van der Waals surface area contributed by atoms with E-state index in [1.165, 1.54) is 0 Å². The highest BCUT2D eigenvalue weighted by Crippen LogP contribution is 2.24. The van der Waals surface area contributed by atoms with Crippen molar-refractivity contribution in [3.63, 3.8) is 0 Å². The Kier molecular flexibility index (Phi) is 6.49. The minimum Gasteiger partial charge on any atom is -0.494 e. The smallest absolute Gasteiger partial charge is 0.276 e. The highest BCUT2D eigenvalue weighted by Gasteiger charge is 2.08. The number of hydrogen-bond donors (Lipinski definition) is 2. The van der Waals surface area contributed by atoms with Crippen molar-refractivity contribution in [2.75, 3.05) is 13.2 Å². The lowest BCUT2D eigenvalue weighted by molar-refractivity contribution is -0.123. The second-order valence-electron chi connectivity index (χ2n) is 5.90. The van der Waals surface area contributed by atoms with Gasteiger partial charge in [0.1, 0.15) is 11.5 Å². The topological polar surface area (TPSA) is 76.7 Å². The van der Waals surface area contributed by atoms with Crippen molar-refractivity contribution in [2.24, 2.45) is 0 Å². The Hall–Kier alpha value is -3.06. The Balaban J connectivity index is 1.49. The fourth-order valence-electron chi connectivity index (χ4n) is 2.54. The maximum atomic E-state index is 12.1. The SMILES string of the molecule is CCOc1ccc(C(=O)NNC(=O)COc2ccc3cc(Br)ccc3c2)cc1. The molecule has 0 saturated heterocycles. The highest BCUT2D eigenvalue weighted by atomic mass is 79.9. The first-order valence-electron chi connectivity index (χ1n) is 8.69. The van der Waals surface area contributed by atoms with Crippen molar-refractivity contribution in [2.45, 2.75) is 6.92 Å². The molecule has 0 heterocycles. The maximum Gasteiger partial charge on any atom is 0.276 e. The third-order valence-electron chi connectivity index (χ3n) is 3.89. The number of halogens is 1. The van der Waals surface area contributed by atoms with E-state index in [1.54, 1.807) is 30.3 Å². The van der Waals surface area contributed by atoms with Crippen molar-refractivity contribution in [1.82, 2.24) is 10.9 Å². The van der Waals surface area contributed by atoms with Gasteiger partial charge in [0.2, 0.25) is 0 Å². The van der Waals surface area contributed by atoms with Crippen molar-refractivity contribution in [1.29, 1.82) is 0 Å². The Morgan fingerprint density at radius 3 is 2.29 bits per heavy atom. The van der Waals surface area contributed by atoms with Crippen LogP contribution in [0.2, 0.25) is 0 Å². The normalized spacial score (nSPS) is 10.4. The molecule has 0 aliphatic heterocycles. The van der Waals surface area contributed by atoms with Crippen LogP contribution in [0.15, 0.2) is 65.1 Å². The molecule has 0 aromatic heterocycles. The highest BCUT2D eigenvalue weighted by molar-refractivity contribution is 9.10. The molecule has 0 spiro atoms. The van der Waals surface area contributed by atoms with Gasteiger partial charge >= 0.3 is 0 Å². The van der Waals surface area contributed by atoms with E-state index in [2.05, 4.69) is 26.8 Å². The van der Waals surface area contributed by atoms with Gasteiger partial charge in [-0.1, -0.05) is 28.1 Å². The fraction of sp³-hybridized carbons (Fsp3) is 0.143. The van der Waals surface area contributed by atoms with Crippen LogP contribution in [0.5, 0.6) is 11.5 Å². The molecule has 0 aliphatic carbocycles. The summed E-state index contributed by atoms with van der Waals surface area (Å²) in [7, 11) is 0. The Labute approximate surface area is 170 Å². The Bertz CT molecular complexity index is 989. The molecule has 0 atom stereocenters. The van der Waals surface area contributed by atoms with Crippen LogP contribution in [0.1, 0.15) is 17.3 Å². The van der Waals surface area contributed by atoms with Gasteiger partial charge in [-0.25, -0.2) is 0 Å². The molecule has 28 heavy (non-hydrogen) atoms. The molecule has 0 aliphatic rings. The molecule has 2 N–H and O–H groups in total. The summed E-state index contributed by atoms with van der Waals surface area (Å²) in [4.78, 5) is 24.0. The number of benzene rings is 3. The number of amides is 2. The number of hydrogen-bond acceptors (Lipinski definition) is 4. The van der Waals surface area contributed by atoms with Crippen LogP contribution >= 0.6 is 15.9 Å². The number of hydrazine groups is 1. The average Bonchev–Trinajstić information content (AvgIpc) is 2.71. The molecule has 3 aromatic carbocycles. The quantitative estimate of drug-likeness (QED) is 0.568. The molecule has 0 radical (unpaired) electrons. The molecule has 0 bridgehead atoms. The van der Waals surface area contributed by atoms with Crippen LogP contribution in [0.3, 0.4) is 0 Å². The number of nitrogens with one attached hydrogen (secondary N) is 2. The zero-order valence-corrected chi connectivity index (χ0v) is 16.8. The van der Waals surface area contributed by atoms with Crippen LogP contribution < -0.4 is 20.3 Å². The molecular formula is C21H19BrN2O4. The molecule has 0 fully saturated rings. The van der Waals surface area contributed by atoms with E-state index >= 15 is 0 Å². The van der Waals surface area contributed by atoms with Gasteiger partial charge < -0.3 is 9.47 Å². The predicted molar refractivity (Wildman–Crippen MR) is 110 cm³/mol. The van der Waals surface area contributed by atoms with E-state index in [9.17, 15) is 9.59 Å². The summed E-state index contributed by atoms with van der Waals surface area (Å²) >= 11 is 3.43. The summed E-state index contributed by atoms with van der Waals surface area (Å²) in [5, 5.41) is 2.07. The van der Waals surface area contributed by atoms with E-state index < -0.39 is 11.8 Å². The molecular weight excluding hydrogens is 424 g/mol. The summed E-state index contributed by atoms with van der Waals surface area (Å²) in [6, 6.07) is 18.1. The summed E-state index contributed by atoms with van der Waals surface area (Å²) in [6.45, 7) is 2.22. The molecule has 6 nitrogen and oxygen atoms in total. The van der Waals surface area contributed by atoms with Gasteiger partial charge in [0.15, 0.2) is 6.61 Å². The second-order valence-corrected chi connectivity index (χ2v) is 6.82. The molecule has 144 valence electrons. The van der Waals surface area contributed by atoms with Gasteiger partial charge in [0, 0.05) is 10.0 Å². The fourth-order valence-corrected chi connectivity index (χ4v) is 2.92. The summed E-state index contributed by atoms with van der Waals surface area (Å²) in [5.74, 6) is 0.366. The monoisotopic (exact) mass is 442 g/mol. The van der Waals surface area contributed by atoms with Crippen molar-refractivity contribution in [3.05, 3.63) is 70.7 Å². The lowest BCUT2D eigenvalue weighted by Gasteiger charge is -2.10.